The Morgan fingerprint density at radius 2 is 1.67 bits per heavy atom. The van der Waals surface area contributed by atoms with Crippen LogP contribution in [0.4, 0.5) is 0 Å². The topological polar surface area (TPSA) is 49.4 Å². The minimum atomic E-state index is -3.42. The molecule has 0 atom stereocenters. The van der Waals surface area contributed by atoms with Crippen molar-refractivity contribution in [3.05, 3.63) is 29.8 Å². The zero-order valence-corrected chi connectivity index (χ0v) is 16.8. The predicted octanol–water partition coefficient (Wildman–Crippen LogP) is 3.56. The highest BCUT2D eigenvalue weighted by Crippen LogP contribution is 2.23. The molecule has 1 fully saturated rings. The van der Waals surface area contributed by atoms with Crippen molar-refractivity contribution in [2.75, 3.05) is 19.6 Å². The van der Waals surface area contributed by atoms with Gasteiger partial charge < -0.3 is 4.90 Å². The van der Waals surface area contributed by atoms with E-state index in [9.17, 15) is 8.42 Å². The van der Waals surface area contributed by atoms with Crippen LogP contribution in [0, 0.1) is 0 Å². The summed E-state index contributed by atoms with van der Waals surface area (Å²) >= 11 is 0. The average Bonchev–Trinajstić information content (AvgIpc) is 2.48. The fourth-order valence-electron chi connectivity index (χ4n) is 3.01. The molecule has 1 heterocycles. The second-order valence-electron chi connectivity index (χ2n) is 7.51. The van der Waals surface area contributed by atoms with E-state index in [-0.39, 0.29) is 23.9 Å². The van der Waals surface area contributed by atoms with Gasteiger partial charge in [-0.1, -0.05) is 39.8 Å². The number of nitrogens with one attached hydrogen (secondary N) is 1. The molecule has 0 spiro atoms. The largest absolute Gasteiger partial charge is 0.303 e. The molecule has 2 rings (SSSR count). The van der Waals surface area contributed by atoms with Gasteiger partial charge in [0.25, 0.3) is 0 Å². The first-order chi connectivity index (χ1) is 10.7. The van der Waals surface area contributed by atoms with Crippen molar-refractivity contribution in [3.63, 3.8) is 0 Å². The summed E-state index contributed by atoms with van der Waals surface area (Å²) in [7, 11) is -3.42. The maximum atomic E-state index is 12.5. The molecule has 0 aromatic heterocycles. The molecular weight excluding hydrogens is 344 g/mol. The number of halogens is 1. The van der Waals surface area contributed by atoms with Gasteiger partial charge in [0, 0.05) is 6.04 Å². The molecule has 6 heteroatoms. The number of benzene rings is 1. The van der Waals surface area contributed by atoms with Crippen LogP contribution in [-0.4, -0.2) is 39.0 Å². The van der Waals surface area contributed by atoms with Crippen molar-refractivity contribution in [3.8, 4) is 0 Å². The van der Waals surface area contributed by atoms with Gasteiger partial charge in [0.15, 0.2) is 0 Å². The smallest absolute Gasteiger partial charge is 0.240 e. The van der Waals surface area contributed by atoms with Crippen molar-refractivity contribution in [2.24, 2.45) is 0 Å². The van der Waals surface area contributed by atoms with Crippen molar-refractivity contribution >= 4 is 22.4 Å². The first-order valence-corrected chi connectivity index (χ1v) is 10.1. The Kier molecular flexibility index (Phi) is 7.73. The lowest BCUT2D eigenvalue weighted by Gasteiger charge is -2.31. The molecule has 1 aromatic carbocycles. The number of piperidine rings is 1. The highest BCUT2D eigenvalue weighted by atomic mass is 35.5. The molecule has 138 valence electrons. The fourth-order valence-corrected chi connectivity index (χ4v) is 4.32. The molecule has 0 aliphatic carbocycles. The van der Waals surface area contributed by atoms with Gasteiger partial charge in [-0.15, -0.1) is 12.4 Å². The van der Waals surface area contributed by atoms with E-state index in [2.05, 4.69) is 37.3 Å². The number of nitrogens with zero attached hydrogens (tertiary/aromatic N) is 1. The highest BCUT2D eigenvalue weighted by Gasteiger charge is 2.24. The number of likely N-dealkylation sites (tertiary alicyclic amines) is 1. The van der Waals surface area contributed by atoms with Gasteiger partial charge in [0.1, 0.15) is 0 Å². The first kappa shape index (κ1) is 21.4. The molecule has 1 aliphatic heterocycles. The van der Waals surface area contributed by atoms with Crippen LogP contribution >= 0.6 is 12.4 Å². The Hall–Kier alpha value is -0.620. The van der Waals surface area contributed by atoms with E-state index in [1.165, 1.54) is 0 Å². The Balaban J connectivity index is 0.00000288. The van der Waals surface area contributed by atoms with Crippen LogP contribution in [0.5, 0.6) is 0 Å². The minimum absolute atomic E-state index is 0. The van der Waals surface area contributed by atoms with Gasteiger partial charge >= 0.3 is 0 Å². The number of hydrogen-bond donors (Lipinski definition) is 1. The van der Waals surface area contributed by atoms with Crippen molar-refractivity contribution in [1.82, 2.24) is 9.62 Å². The summed E-state index contributed by atoms with van der Waals surface area (Å²) < 4.78 is 28.0. The SMILES string of the molecule is CCCN1CCC(NS(=O)(=O)c2ccc(C(C)(C)C)cc2)CC1.Cl. The van der Waals surface area contributed by atoms with Gasteiger partial charge in [-0.05, 0) is 62.0 Å². The summed E-state index contributed by atoms with van der Waals surface area (Å²) in [4.78, 5) is 2.77. The molecule has 0 bridgehead atoms. The van der Waals surface area contributed by atoms with E-state index in [0.29, 0.717) is 4.90 Å². The van der Waals surface area contributed by atoms with Gasteiger partial charge in [-0.25, -0.2) is 13.1 Å². The van der Waals surface area contributed by atoms with Crippen molar-refractivity contribution in [1.29, 1.82) is 0 Å². The van der Waals surface area contributed by atoms with Gasteiger partial charge in [-0.3, -0.25) is 0 Å². The van der Waals surface area contributed by atoms with E-state index in [4.69, 9.17) is 0 Å². The number of rotatable bonds is 5. The summed E-state index contributed by atoms with van der Waals surface area (Å²) in [6.45, 7) is 11.6. The second kappa shape index (κ2) is 8.65. The predicted molar refractivity (Wildman–Crippen MR) is 102 cm³/mol. The number of hydrogen-bond acceptors (Lipinski definition) is 3. The Morgan fingerprint density at radius 1 is 1.12 bits per heavy atom. The van der Waals surface area contributed by atoms with Crippen LogP contribution in [0.1, 0.15) is 52.5 Å². The van der Waals surface area contributed by atoms with Crippen molar-refractivity contribution < 1.29 is 8.42 Å². The maximum Gasteiger partial charge on any atom is 0.240 e. The summed E-state index contributed by atoms with van der Waals surface area (Å²) in [6, 6.07) is 7.32. The van der Waals surface area contributed by atoms with E-state index in [1.807, 2.05) is 12.1 Å². The molecule has 0 unspecified atom stereocenters. The van der Waals surface area contributed by atoms with Crippen LogP contribution in [-0.2, 0) is 15.4 Å². The van der Waals surface area contributed by atoms with E-state index >= 15 is 0 Å². The number of sulfonamides is 1. The summed E-state index contributed by atoms with van der Waals surface area (Å²) in [5, 5.41) is 0. The molecule has 24 heavy (non-hydrogen) atoms. The Bertz CT molecular complexity index is 601. The quantitative estimate of drug-likeness (QED) is 0.857. The van der Waals surface area contributed by atoms with E-state index in [0.717, 1.165) is 44.5 Å². The monoisotopic (exact) mass is 374 g/mol. The van der Waals surface area contributed by atoms with Gasteiger partial charge in [-0.2, -0.15) is 0 Å². The molecular formula is C18H31ClN2O2S. The van der Waals surface area contributed by atoms with Gasteiger partial charge in [0.2, 0.25) is 10.0 Å². The van der Waals surface area contributed by atoms with E-state index < -0.39 is 10.0 Å². The van der Waals surface area contributed by atoms with Crippen LogP contribution < -0.4 is 4.72 Å². The average molecular weight is 375 g/mol. The van der Waals surface area contributed by atoms with E-state index in [1.54, 1.807) is 12.1 Å². The first-order valence-electron chi connectivity index (χ1n) is 8.57. The molecule has 1 saturated heterocycles. The molecule has 1 N–H and O–H groups in total. The summed E-state index contributed by atoms with van der Waals surface area (Å²) in [5.41, 5.74) is 1.17. The molecule has 0 saturated carbocycles. The van der Waals surface area contributed by atoms with Crippen LogP contribution in [0.2, 0.25) is 0 Å². The molecule has 4 nitrogen and oxygen atoms in total. The Morgan fingerprint density at radius 3 is 2.12 bits per heavy atom. The molecule has 0 amide bonds. The van der Waals surface area contributed by atoms with Crippen molar-refractivity contribution in [2.45, 2.75) is 63.3 Å². The third-order valence-corrected chi connectivity index (χ3v) is 6.02. The fraction of sp³-hybridized carbons (Fsp3) is 0.667. The van der Waals surface area contributed by atoms with Gasteiger partial charge in [0.05, 0.1) is 4.90 Å². The lowest BCUT2D eigenvalue weighted by molar-refractivity contribution is 0.208. The standard InChI is InChI=1S/C18H30N2O2S.ClH/c1-5-12-20-13-10-16(11-14-20)19-23(21,22)17-8-6-15(7-9-17)18(2,3)4;/h6-9,16,19H,5,10-14H2,1-4H3;1H. The normalized spacial score (nSPS) is 17.5. The lowest BCUT2D eigenvalue weighted by atomic mass is 9.87. The third-order valence-electron chi connectivity index (χ3n) is 4.48. The maximum absolute atomic E-state index is 12.5. The minimum Gasteiger partial charge on any atom is -0.303 e. The molecule has 0 radical (unpaired) electrons. The highest BCUT2D eigenvalue weighted by molar-refractivity contribution is 7.89. The van der Waals surface area contributed by atoms with Crippen LogP contribution in [0.25, 0.3) is 0 Å². The summed E-state index contributed by atoms with van der Waals surface area (Å²) in [5.74, 6) is 0. The van der Waals surface area contributed by atoms with Crippen LogP contribution in [0.3, 0.4) is 0 Å². The van der Waals surface area contributed by atoms with Crippen LogP contribution in [0.15, 0.2) is 29.2 Å². The molecule has 1 aliphatic rings. The zero-order valence-electron chi connectivity index (χ0n) is 15.2. The summed E-state index contributed by atoms with van der Waals surface area (Å²) in [6.07, 6.45) is 2.93. The lowest BCUT2D eigenvalue weighted by Crippen LogP contribution is -2.44. The molecule has 1 aromatic rings. The Labute approximate surface area is 153 Å². The third kappa shape index (κ3) is 5.73. The zero-order chi connectivity index (χ0) is 17.1. The second-order valence-corrected chi connectivity index (χ2v) is 9.23.